The third kappa shape index (κ3) is 2.66. The van der Waals surface area contributed by atoms with Crippen molar-refractivity contribution >= 4 is 0 Å². The SMILES string of the molecule is CC=CC1CCCCCN1C. The van der Waals surface area contributed by atoms with Gasteiger partial charge >= 0.3 is 0 Å². The molecule has 0 spiro atoms. The molecule has 1 heteroatoms. The van der Waals surface area contributed by atoms with E-state index in [1.165, 1.54) is 32.2 Å². The van der Waals surface area contributed by atoms with Crippen LogP contribution in [0.25, 0.3) is 0 Å². The van der Waals surface area contributed by atoms with Crippen molar-refractivity contribution in [3.63, 3.8) is 0 Å². The molecular formula is C10H19N. The number of likely N-dealkylation sites (N-methyl/N-ethyl adjacent to an activating group) is 1. The summed E-state index contributed by atoms with van der Waals surface area (Å²) in [6.07, 6.45) is 10.0. The highest BCUT2D eigenvalue weighted by atomic mass is 15.1. The number of hydrogen-bond acceptors (Lipinski definition) is 1. The van der Waals surface area contributed by atoms with Gasteiger partial charge in [-0.2, -0.15) is 0 Å². The van der Waals surface area contributed by atoms with Crippen LogP contribution in [-0.2, 0) is 0 Å². The molecule has 11 heavy (non-hydrogen) atoms. The molecule has 0 aromatic carbocycles. The Morgan fingerprint density at radius 1 is 1.27 bits per heavy atom. The van der Waals surface area contributed by atoms with Crippen LogP contribution in [-0.4, -0.2) is 24.5 Å². The number of nitrogens with zero attached hydrogens (tertiary/aromatic N) is 1. The van der Waals surface area contributed by atoms with Gasteiger partial charge in [0.05, 0.1) is 0 Å². The van der Waals surface area contributed by atoms with E-state index in [4.69, 9.17) is 0 Å². The molecule has 0 amide bonds. The van der Waals surface area contributed by atoms with Crippen molar-refractivity contribution in [3.05, 3.63) is 12.2 Å². The quantitative estimate of drug-likeness (QED) is 0.523. The Morgan fingerprint density at radius 3 is 2.82 bits per heavy atom. The van der Waals surface area contributed by atoms with Gasteiger partial charge in [0.25, 0.3) is 0 Å². The third-order valence-electron chi connectivity index (χ3n) is 2.49. The first-order valence-corrected chi connectivity index (χ1v) is 4.67. The van der Waals surface area contributed by atoms with Crippen molar-refractivity contribution in [2.75, 3.05) is 13.6 Å². The van der Waals surface area contributed by atoms with Crippen LogP contribution in [0.15, 0.2) is 12.2 Å². The standard InChI is InChI=1S/C10H19N/c1-3-7-10-8-5-4-6-9-11(10)2/h3,7,10H,4-6,8-9H2,1-2H3. The van der Waals surface area contributed by atoms with Crippen LogP contribution in [0.5, 0.6) is 0 Å². The van der Waals surface area contributed by atoms with Crippen LogP contribution in [0.3, 0.4) is 0 Å². The first-order chi connectivity index (χ1) is 5.34. The lowest BCUT2D eigenvalue weighted by molar-refractivity contribution is 0.289. The monoisotopic (exact) mass is 153 g/mol. The Labute approximate surface area is 70.1 Å². The summed E-state index contributed by atoms with van der Waals surface area (Å²) < 4.78 is 0. The molecule has 1 saturated heterocycles. The van der Waals surface area contributed by atoms with Crippen molar-refractivity contribution in [2.24, 2.45) is 0 Å². The summed E-state index contributed by atoms with van der Waals surface area (Å²) in [6.45, 7) is 3.38. The highest BCUT2D eigenvalue weighted by Gasteiger charge is 2.13. The maximum Gasteiger partial charge on any atom is 0.0275 e. The van der Waals surface area contributed by atoms with Gasteiger partial charge in [-0.1, -0.05) is 25.0 Å². The van der Waals surface area contributed by atoms with E-state index in [2.05, 4.69) is 31.0 Å². The maximum absolute atomic E-state index is 2.47. The van der Waals surface area contributed by atoms with E-state index in [1.807, 2.05) is 0 Å². The van der Waals surface area contributed by atoms with Crippen LogP contribution in [0.2, 0.25) is 0 Å². The first kappa shape index (κ1) is 8.79. The van der Waals surface area contributed by atoms with Crippen molar-refractivity contribution in [2.45, 2.75) is 38.6 Å². The van der Waals surface area contributed by atoms with Crippen LogP contribution < -0.4 is 0 Å². The van der Waals surface area contributed by atoms with E-state index < -0.39 is 0 Å². The summed E-state index contributed by atoms with van der Waals surface area (Å²) in [5, 5.41) is 0. The normalized spacial score (nSPS) is 29.1. The van der Waals surface area contributed by atoms with Gasteiger partial charge in [0.15, 0.2) is 0 Å². The molecule has 1 aliphatic rings. The van der Waals surface area contributed by atoms with E-state index in [0.717, 1.165) is 0 Å². The van der Waals surface area contributed by atoms with Gasteiger partial charge in [-0.15, -0.1) is 0 Å². The molecule has 1 unspecified atom stereocenters. The molecule has 1 fully saturated rings. The molecule has 1 heterocycles. The number of hydrogen-bond donors (Lipinski definition) is 0. The zero-order valence-corrected chi connectivity index (χ0v) is 7.71. The summed E-state index contributed by atoms with van der Waals surface area (Å²) in [5.41, 5.74) is 0. The molecule has 1 nitrogen and oxygen atoms in total. The van der Waals surface area contributed by atoms with Gasteiger partial charge in [-0.25, -0.2) is 0 Å². The number of likely N-dealkylation sites (tertiary alicyclic amines) is 1. The number of allylic oxidation sites excluding steroid dienone is 1. The molecule has 0 aromatic heterocycles. The highest BCUT2D eigenvalue weighted by molar-refractivity contribution is 4.92. The summed E-state index contributed by atoms with van der Waals surface area (Å²) in [7, 11) is 2.23. The van der Waals surface area contributed by atoms with Gasteiger partial charge < -0.3 is 0 Å². The predicted molar refractivity (Wildman–Crippen MR) is 49.7 cm³/mol. The third-order valence-corrected chi connectivity index (χ3v) is 2.49. The minimum absolute atomic E-state index is 0.711. The second kappa shape index (κ2) is 4.55. The topological polar surface area (TPSA) is 3.24 Å². The highest BCUT2D eigenvalue weighted by Crippen LogP contribution is 2.15. The maximum atomic E-state index is 2.47. The van der Waals surface area contributed by atoms with Gasteiger partial charge in [-0.3, -0.25) is 4.90 Å². The fraction of sp³-hybridized carbons (Fsp3) is 0.800. The van der Waals surface area contributed by atoms with Crippen LogP contribution >= 0.6 is 0 Å². The molecule has 1 atom stereocenters. The molecular weight excluding hydrogens is 134 g/mol. The molecule has 0 aliphatic carbocycles. The number of rotatable bonds is 1. The van der Waals surface area contributed by atoms with Crippen molar-refractivity contribution in [1.29, 1.82) is 0 Å². The molecule has 1 aliphatic heterocycles. The Balaban J connectivity index is 2.45. The minimum Gasteiger partial charge on any atom is -0.300 e. The van der Waals surface area contributed by atoms with E-state index in [-0.39, 0.29) is 0 Å². The average Bonchev–Trinajstić information content (AvgIpc) is 2.18. The largest absolute Gasteiger partial charge is 0.300 e. The average molecular weight is 153 g/mol. The summed E-state index contributed by atoms with van der Waals surface area (Å²) in [5.74, 6) is 0. The summed E-state index contributed by atoms with van der Waals surface area (Å²) >= 11 is 0. The van der Waals surface area contributed by atoms with E-state index >= 15 is 0 Å². The predicted octanol–water partition coefficient (Wildman–Crippen LogP) is 2.44. The van der Waals surface area contributed by atoms with E-state index in [9.17, 15) is 0 Å². The van der Waals surface area contributed by atoms with Crippen molar-refractivity contribution in [3.8, 4) is 0 Å². The van der Waals surface area contributed by atoms with Gasteiger partial charge in [-0.05, 0) is 33.4 Å². The lowest BCUT2D eigenvalue weighted by Crippen LogP contribution is -2.28. The lowest BCUT2D eigenvalue weighted by atomic mass is 10.1. The zero-order chi connectivity index (χ0) is 8.10. The van der Waals surface area contributed by atoms with Crippen molar-refractivity contribution < 1.29 is 0 Å². The molecule has 0 bridgehead atoms. The molecule has 0 radical (unpaired) electrons. The first-order valence-electron chi connectivity index (χ1n) is 4.67. The summed E-state index contributed by atoms with van der Waals surface area (Å²) in [6, 6.07) is 0.711. The smallest absolute Gasteiger partial charge is 0.0275 e. The molecule has 0 aromatic rings. The van der Waals surface area contributed by atoms with Gasteiger partial charge in [0.1, 0.15) is 0 Å². The fourth-order valence-electron chi connectivity index (χ4n) is 1.74. The van der Waals surface area contributed by atoms with Crippen molar-refractivity contribution in [1.82, 2.24) is 4.90 Å². The molecule has 1 rings (SSSR count). The second-order valence-corrected chi connectivity index (χ2v) is 3.42. The van der Waals surface area contributed by atoms with Gasteiger partial charge in [0, 0.05) is 6.04 Å². The molecule has 0 saturated carbocycles. The fourth-order valence-corrected chi connectivity index (χ4v) is 1.74. The van der Waals surface area contributed by atoms with Gasteiger partial charge in [0.2, 0.25) is 0 Å². The Morgan fingerprint density at radius 2 is 2.09 bits per heavy atom. The van der Waals surface area contributed by atoms with Crippen LogP contribution in [0.4, 0.5) is 0 Å². The van der Waals surface area contributed by atoms with E-state index in [1.54, 1.807) is 0 Å². The Hall–Kier alpha value is -0.300. The second-order valence-electron chi connectivity index (χ2n) is 3.42. The Bertz CT molecular complexity index is 129. The lowest BCUT2D eigenvalue weighted by Gasteiger charge is -2.22. The Kier molecular flexibility index (Phi) is 3.64. The molecule has 64 valence electrons. The van der Waals surface area contributed by atoms with E-state index in [0.29, 0.717) is 6.04 Å². The molecule has 0 N–H and O–H groups in total. The minimum atomic E-state index is 0.711. The van der Waals surface area contributed by atoms with Crippen LogP contribution in [0, 0.1) is 0 Å². The zero-order valence-electron chi connectivity index (χ0n) is 7.71. The summed E-state index contributed by atoms with van der Waals surface area (Å²) in [4.78, 5) is 2.47. The van der Waals surface area contributed by atoms with Crippen LogP contribution in [0.1, 0.15) is 32.6 Å².